The summed E-state index contributed by atoms with van der Waals surface area (Å²) in [5.74, 6) is 1.81. The fourth-order valence-electron chi connectivity index (χ4n) is 1.52. The lowest BCUT2D eigenvalue weighted by molar-refractivity contribution is 0.414. The first-order chi connectivity index (χ1) is 8.69. The molecule has 2 N–H and O–H groups in total. The Kier molecular flexibility index (Phi) is 4.55. The Labute approximate surface area is 120 Å². The van der Waals surface area contributed by atoms with Crippen LogP contribution in [0.25, 0.3) is 0 Å². The van der Waals surface area contributed by atoms with Crippen molar-refractivity contribution in [3.05, 3.63) is 52.5 Å². The van der Waals surface area contributed by atoms with Gasteiger partial charge in [-0.2, -0.15) is 0 Å². The van der Waals surface area contributed by atoms with Crippen LogP contribution in [-0.2, 0) is 5.75 Å². The van der Waals surface area contributed by atoms with Gasteiger partial charge in [0.05, 0.1) is 7.11 Å². The molecule has 18 heavy (non-hydrogen) atoms. The normalized spacial score (nSPS) is 10.3. The van der Waals surface area contributed by atoms with Crippen LogP contribution in [0.1, 0.15) is 5.56 Å². The zero-order valence-electron chi connectivity index (χ0n) is 10.0. The van der Waals surface area contributed by atoms with Crippen LogP contribution >= 0.6 is 27.7 Å². The van der Waals surface area contributed by atoms with Gasteiger partial charge in [0.25, 0.3) is 0 Å². The number of hydrogen-bond donors (Lipinski definition) is 1. The zero-order chi connectivity index (χ0) is 13.0. The molecule has 0 spiro atoms. The Balaban J connectivity index is 2.02. The van der Waals surface area contributed by atoms with Crippen molar-refractivity contribution in [3.8, 4) is 5.75 Å². The zero-order valence-corrected chi connectivity index (χ0v) is 12.4. The second-order valence-corrected chi connectivity index (χ2v) is 5.70. The number of hydrogen-bond acceptors (Lipinski definition) is 3. The molecule has 2 aromatic rings. The highest BCUT2D eigenvalue weighted by Gasteiger charge is 2.02. The Morgan fingerprint density at radius 3 is 2.50 bits per heavy atom. The maximum absolute atomic E-state index is 5.71. The molecule has 0 saturated heterocycles. The van der Waals surface area contributed by atoms with Crippen LogP contribution in [0.4, 0.5) is 5.69 Å². The van der Waals surface area contributed by atoms with Crippen molar-refractivity contribution in [1.82, 2.24) is 0 Å². The summed E-state index contributed by atoms with van der Waals surface area (Å²) < 4.78 is 6.18. The predicted molar refractivity (Wildman–Crippen MR) is 81.1 cm³/mol. The number of methoxy groups -OCH3 is 1. The first-order valence-corrected chi connectivity index (χ1v) is 7.27. The summed E-state index contributed by atoms with van der Waals surface area (Å²) in [4.78, 5) is 1.19. The molecular formula is C14H14BrNOS. The van der Waals surface area contributed by atoms with Crippen LogP contribution in [0.5, 0.6) is 5.75 Å². The molecule has 0 aromatic heterocycles. The second kappa shape index (κ2) is 6.16. The summed E-state index contributed by atoms with van der Waals surface area (Å²) in [6, 6.07) is 14.0. The molecule has 0 bridgehead atoms. The highest BCUT2D eigenvalue weighted by Crippen LogP contribution is 2.31. The van der Waals surface area contributed by atoms with E-state index in [9.17, 15) is 0 Å². The Bertz CT molecular complexity index is 528. The number of anilines is 1. The van der Waals surface area contributed by atoms with E-state index in [1.54, 1.807) is 18.9 Å². The minimum absolute atomic E-state index is 0.774. The lowest BCUT2D eigenvalue weighted by atomic mass is 10.2. The van der Waals surface area contributed by atoms with Crippen LogP contribution in [0.15, 0.2) is 51.8 Å². The van der Waals surface area contributed by atoms with E-state index in [1.165, 1.54) is 10.5 Å². The summed E-state index contributed by atoms with van der Waals surface area (Å²) in [7, 11) is 1.68. The minimum Gasteiger partial charge on any atom is -0.497 e. The van der Waals surface area contributed by atoms with Crippen LogP contribution in [0.3, 0.4) is 0 Å². The fourth-order valence-corrected chi connectivity index (χ4v) is 3.13. The van der Waals surface area contributed by atoms with Gasteiger partial charge in [-0.1, -0.05) is 12.1 Å². The molecule has 0 heterocycles. The Morgan fingerprint density at radius 2 is 1.89 bits per heavy atom. The molecule has 0 radical (unpaired) electrons. The summed E-state index contributed by atoms with van der Waals surface area (Å²) in [6.07, 6.45) is 0. The molecule has 2 nitrogen and oxygen atoms in total. The number of halogens is 1. The van der Waals surface area contributed by atoms with Gasteiger partial charge < -0.3 is 10.5 Å². The average molecular weight is 324 g/mol. The summed E-state index contributed by atoms with van der Waals surface area (Å²) in [5, 5.41) is 0. The molecule has 4 heteroatoms. The Morgan fingerprint density at radius 1 is 1.17 bits per heavy atom. The van der Waals surface area contributed by atoms with Gasteiger partial charge in [0, 0.05) is 20.8 Å². The van der Waals surface area contributed by atoms with E-state index in [-0.39, 0.29) is 0 Å². The summed E-state index contributed by atoms with van der Waals surface area (Å²) in [6.45, 7) is 0. The standard InChI is InChI=1S/C14H14BrNOS/c1-17-12-5-2-10(3-6-12)9-18-14-7-4-11(16)8-13(14)15/h2-8H,9,16H2,1H3. The maximum Gasteiger partial charge on any atom is 0.118 e. The number of benzene rings is 2. The van der Waals surface area contributed by atoms with Gasteiger partial charge in [-0.05, 0) is 51.8 Å². The maximum atomic E-state index is 5.71. The van der Waals surface area contributed by atoms with Crippen molar-refractivity contribution >= 4 is 33.4 Å². The van der Waals surface area contributed by atoms with Crippen molar-refractivity contribution in [3.63, 3.8) is 0 Å². The highest BCUT2D eigenvalue weighted by atomic mass is 79.9. The second-order valence-electron chi connectivity index (χ2n) is 3.83. The van der Waals surface area contributed by atoms with E-state index >= 15 is 0 Å². The molecule has 0 saturated carbocycles. The fraction of sp³-hybridized carbons (Fsp3) is 0.143. The van der Waals surface area contributed by atoms with Gasteiger partial charge >= 0.3 is 0 Å². The molecule has 0 aliphatic rings. The first kappa shape index (κ1) is 13.3. The van der Waals surface area contributed by atoms with Gasteiger partial charge in [-0.15, -0.1) is 11.8 Å². The van der Waals surface area contributed by atoms with Crippen molar-refractivity contribution in [2.45, 2.75) is 10.6 Å². The third-order valence-electron chi connectivity index (χ3n) is 2.51. The molecule has 0 amide bonds. The highest BCUT2D eigenvalue weighted by molar-refractivity contribution is 9.10. The van der Waals surface area contributed by atoms with Gasteiger partial charge in [0.1, 0.15) is 5.75 Å². The average Bonchev–Trinajstić information content (AvgIpc) is 2.38. The number of thioether (sulfide) groups is 1. The molecule has 0 aliphatic heterocycles. The molecule has 0 unspecified atom stereocenters. The molecule has 0 aliphatic carbocycles. The van der Waals surface area contributed by atoms with Gasteiger partial charge in [0.2, 0.25) is 0 Å². The molecule has 0 atom stereocenters. The lowest BCUT2D eigenvalue weighted by Gasteiger charge is -2.06. The van der Waals surface area contributed by atoms with Crippen molar-refractivity contribution in [2.24, 2.45) is 0 Å². The van der Waals surface area contributed by atoms with Crippen LogP contribution < -0.4 is 10.5 Å². The molecule has 2 rings (SSSR count). The number of ether oxygens (including phenoxy) is 1. The SMILES string of the molecule is COc1ccc(CSc2ccc(N)cc2Br)cc1. The molecular weight excluding hydrogens is 310 g/mol. The van der Waals surface area contributed by atoms with E-state index in [1.807, 2.05) is 30.3 Å². The van der Waals surface area contributed by atoms with Crippen LogP contribution in [0, 0.1) is 0 Å². The molecule has 2 aromatic carbocycles. The third-order valence-corrected chi connectivity index (χ3v) is 4.57. The predicted octanol–water partition coefficient (Wildman–Crippen LogP) is 4.33. The number of nitrogens with two attached hydrogens (primary N) is 1. The van der Waals surface area contributed by atoms with Crippen molar-refractivity contribution in [1.29, 1.82) is 0 Å². The number of rotatable bonds is 4. The molecule has 0 fully saturated rings. The van der Waals surface area contributed by atoms with E-state index in [4.69, 9.17) is 10.5 Å². The van der Waals surface area contributed by atoms with E-state index in [0.717, 1.165) is 21.7 Å². The van der Waals surface area contributed by atoms with Crippen LogP contribution in [0.2, 0.25) is 0 Å². The van der Waals surface area contributed by atoms with Crippen LogP contribution in [-0.4, -0.2) is 7.11 Å². The van der Waals surface area contributed by atoms with Gasteiger partial charge in [-0.25, -0.2) is 0 Å². The monoisotopic (exact) mass is 323 g/mol. The third kappa shape index (κ3) is 3.43. The van der Waals surface area contributed by atoms with E-state index in [2.05, 4.69) is 28.1 Å². The smallest absolute Gasteiger partial charge is 0.118 e. The van der Waals surface area contributed by atoms with Gasteiger partial charge in [-0.3, -0.25) is 0 Å². The van der Waals surface area contributed by atoms with Gasteiger partial charge in [0.15, 0.2) is 0 Å². The quantitative estimate of drug-likeness (QED) is 0.671. The first-order valence-electron chi connectivity index (χ1n) is 5.50. The van der Waals surface area contributed by atoms with Crippen molar-refractivity contribution in [2.75, 3.05) is 12.8 Å². The topological polar surface area (TPSA) is 35.2 Å². The Hall–Kier alpha value is -1.13. The molecule has 94 valence electrons. The largest absolute Gasteiger partial charge is 0.497 e. The minimum atomic E-state index is 0.774. The van der Waals surface area contributed by atoms with Crippen molar-refractivity contribution < 1.29 is 4.74 Å². The summed E-state index contributed by atoms with van der Waals surface area (Å²) >= 11 is 5.30. The lowest BCUT2D eigenvalue weighted by Crippen LogP contribution is -1.86. The van der Waals surface area contributed by atoms with E-state index < -0.39 is 0 Å². The van der Waals surface area contributed by atoms with E-state index in [0.29, 0.717) is 0 Å². The summed E-state index contributed by atoms with van der Waals surface area (Å²) in [5.41, 5.74) is 7.76. The number of nitrogen functional groups attached to an aromatic ring is 1.